The number of benzene rings is 4. The number of hydrogen-bond acceptors (Lipinski definition) is 9. The number of esters is 1. The van der Waals surface area contributed by atoms with E-state index in [9.17, 15) is 13.6 Å². The first kappa shape index (κ1) is 54.1. The number of piperidine rings is 1. The summed E-state index contributed by atoms with van der Waals surface area (Å²) in [7, 11) is -2.65. The molecule has 10 nitrogen and oxygen atoms in total. The molecule has 2 atom stereocenters. The third kappa shape index (κ3) is 13.1. The second-order valence-corrected chi connectivity index (χ2v) is 25.5. The largest absolute Gasteiger partial charge is 0.489 e. The summed E-state index contributed by atoms with van der Waals surface area (Å²) in [6.45, 7) is 23.1. The van der Waals surface area contributed by atoms with Crippen LogP contribution < -0.4 is 20.0 Å². The van der Waals surface area contributed by atoms with Gasteiger partial charge in [-0.05, 0) is 120 Å². The number of ether oxygens (including phenoxy) is 4. The first-order valence-electron chi connectivity index (χ1n) is 25.5. The van der Waals surface area contributed by atoms with Crippen molar-refractivity contribution < 1.29 is 36.9 Å². The van der Waals surface area contributed by atoms with Crippen LogP contribution >= 0.6 is 0 Å². The monoisotopic (exact) mass is 1000 g/mol. The first-order chi connectivity index (χ1) is 34.3. The van der Waals surface area contributed by atoms with E-state index in [-0.39, 0.29) is 42.1 Å². The Bertz CT molecular complexity index is 2710. The number of aromatic nitrogens is 3. The molecule has 7 rings (SSSR count). The minimum absolute atomic E-state index is 0.0565. The summed E-state index contributed by atoms with van der Waals surface area (Å²) in [5.41, 5.74) is 2.73. The molecule has 2 aromatic heterocycles. The second-order valence-electron chi connectivity index (χ2n) is 21.3. The van der Waals surface area contributed by atoms with Crippen molar-refractivity contribution in [3.05, 3.63) is 155 Å². The van der Waals surface area contributed by atoms with Crippen molar-refractivity contribution in [1.82, 2.24) is 14.6 Å². The fraction of sp³-hybridized carbons (Fsp3) is 0.441. The molecule has 1 aliphatic rings. The number of aryl methyl sites for hydroxylation is 1. The van der Waals surface area contributed by atoms with Gasteiger partial charge in [-0.15, -0.1) is 0 Å². The maximum atomic E-state index is 14.6. The molecule has 384 valence electrons. The number of carbonyl (C=O) groups is 1. The summed E-state index contributed by atoms with van der Waals surface area (Å²) in [5, 5.41) is 7.52. The van der Waals surface area contributed by atoms with Gasteiger partial charge in [-0.3, -0.25) is 0 Å². The van der Waals surface area contributed by atoms with Crippen LogP contribution in [0.25, 0.3) is 11.7 Å². The Morgan fingerprint density at radius 3 is 2.07 bits per heavy atom. The number of carbonyl (C=O) groups excluding carboxylic acids is 1. The Hall–Kier alpha value is -5.73. The van der Waals surface area contributed by atoms with Gasteiger partial charge in [-0.2, -0.15) is 9.61 Å². The summed E-state index contributed by atoms with van der Waals surface area (Å²) in [5.74, 6) is -1.46. The van der Waals surface area contributed by atoms with E-state index in [0.717, 1.165) is 43.7 Å². The SMILES string of the molecule is CCOC(=O)C(OC(C)(C)C)c1c(C)nc2cc(C=CCc3cc(F)c(F)cc3OCc3ccccc3)nn2c1N1CCC(C)(OCCCCC(C)O[Si](c2ccccc2)(c2ccccc2)C(C)(C)C)CC1. The maximum Gasteiger partial charge on any atom is 0.340 e. The normalized spacial score (nSPS) is 15.2. The third-order valence-electron chi connectivity index (χ3n) is 13.4. The molecular weight excluding hydrogens is 927 g/mol. The smallest absolute Gasteiger partial charge is 0.340 e. The van der Waals surface area contributed by atoms with Crippen molar-refractivity contribution in [2.45, 2.75) is 143 Å². The average Bonchev–Trinajstić information content (AvgIpc) is 3.75. The number of allylic oxidation sites excluding steroid dienone is 1. The van der Waals surface area contributed by atoms with Crippen LogP contribution in [0.4, 0.5) is 14.6 Å². The van der Waals surface area contributed by atoms with Crippen LogP contribution in [0.3, 0.4) is 0 Å². The molecule has 13 heteroatoms. The molecule has 0 saturated carbocycles. The van der Waals surface area contributed by atoms with Crippen LogP contribution in [0.1, 0.15) is 129 Å². The highest BCUT2D eigenvalue weighted by molar-refractivity contribution is 6.99. The van der Waals surface area contributed by atoms with E-state index in [0.29, 0.717) is 53.7 Å². The first-order valence-corrected chi connectivity index (χ1v) is 27.5. The zero-order valence-electron chi connectivity index (χ0n) is 44.0. The van der Waals surface area contributed by atoms with Crippen LogP contribution in [-0.2, 0) is 36.5 Å². The summed E-state index contributed by atoms with van der Waals surface area (Å²) < 4.78 is 63.0. The van der Waals surface area contributed by atoms with E-state index < -0.39 is 37.6 Å². The van der Waals surface area contributed by atoms with Gasteiger partial charge in [0.05, 0.1) is 29.1 Å². The van der Waals surface area contributed by atoms with Crippen LogP contribution in [-0.4, -0.2) is 72.5 Å². The highest BCUT2D eigenvalue weighted by atomic mass is 28.4. The van der Waals surface area contributed by atoms with Crippen LogP contribution in [0.5, 0.6) is 5.75 Å². The molecule has 0 radical (unpaired) electrons. The molecule has 0 bridgehead atoms. The number of fused-ring (bicyclic) bond motifs is 1. The van der Waals surface area contributed by atoms with Gasteiger partial charge in [0.25, 0.3) is 8.32 Å². The minimum Gasteiger partial charge on any atom is -0.489 e. The zero-order valence-corrected chi connectivity index (χ0v) is 45.0. The highest BCUT2D eigenvalue weighted by Crippen LogP contribution is 2.40. The topological polar surface area (TPSA) is 96.7 Å². The highest BCUT2D eigenvalue weighted by Gasteiger charge is 2.51. The van der Waals surface area contributed by atoms with Crippen molar-refractivity contribution in [2.75, 3.05) is 31.2 Å². The van der Waals surface area contributed by atoms with Gasteiger partial charge in [0.1, 0.15) is 18.2 Å². The standard InChI is InChI=1S/C59H74F2N4O6Si/c1-11-67-56(66)54(70-57(4,5)6)53-43(3)62-52-39-46(28-23-27-45-38-49(60)50(61)40-51(45)68-41-44-25-15-12-16-26-44)63-65(52)55(53)64-35-33-59(10,34-36-64)69-37-22-21-24-42(2)71-72(58(7,8)9,47-29-17-13-18-30-47)48-31-19-14-20-32-48/h12-20,23,25-26,28-32,38-40,42,54H,11,21-22,24,27,33-37,41H2,1-10H3. The van der Waals surface area contributed by atoms with E-state index in [1.54, 1.807) is 11.4 Å². The molecule has 0 spiro atoms. The van der Waals surface area contributed by atoms with Crippen molar-refractivity contribution in [3.8, 4) is 5.75 Å². The molecule has 1 saturated heterocycles. The Balaban J connectivity index is 1.07. The van der Waals surface area contributed by atoms with E-state index in [1.807, 2.05) is 76.2 Å². The Labute approximate surface area is 426 Å². The molecule has 0 N–H and O–H groups in total. The van der Waals surface area contributed by atoms with Gasteiger partial charge in [-0.1, -0.05) is 118 Å². The summed E-state index contributed by atoms with van der Waals surface area (Å²) in [6.07, 6.45) is 7.20. The molecule has 4 aromatic carbocycles. The summed E-state index contributed by atoms with van der Waals surface area (Å²) in [4.78, 5) is 21.1. The predicted octanol–water partition coefficient (Wildman–Crippen LogP) is 12.1. The van der Waals surface area contributed by atoms with Crippen molar-refractivity contribution in [1.29, 1.82) is 0 Å². The molecule has 6 aromatic rings. The van der Waals surface area contributed by atoms with Gasteiger partial charge < -0.3 is 28.3 Å². The van der Waals surface area contributed by atoms with Crippen molar-refractivity contribution in [3.63, 3.8) is 0 Å². The van der Waals surface area contributed by atoms with E-state index >= 15 is 0 Å². The molecular formula is C59H74F2N4O6Si. The lowest BCUT2D eigenvalue weighted by molar-refractivity contribution is -0.166. The Morgan fingerprint density at radius 2 is 1.47 bits per heavy atom. The van der Waals surface area contributed by atoms with Gasteiger partial charge in [0.15, 0.2) is 23.4 Å². The van der Waals surface area contributed by atoms with Crippen LogP contribution in [0.15, 0.2) is 115 Å². The molecule has 1 aliphatic heterocycles. The lowest BCUT2D eigenvalue weighted by Crippen LogP contribution is -2.67. The number of halogens is 2. The van der Waals surface area contributed by atoms with Crippen LogP contribution in [0, 0.1) is 18.6 Å². The average molecular weight is 1000 g/mol. The number of nitrogens with zero attached hydrogens (tertiary/aromatic N) is 4. The van der Waals surface area contributed by atoms with E-state index in [1.165, 1.54) is 16.4 Å². The summed E-state index contributed by atoms with van der Waals surface area (Å²) >= 11 is 0. The quantitative estimate of drug-likeness (QED) is 0.0397. The van der Waals surface area contributed by atoms with Gasteiger partial charge in [-0.25, -0.2) is 18.6 Å². The van der Waals surface area contributed by atoms with E-state index in [2.05, 4.69) is 100 Å². The predicted molar refractivity (Wildman–Crippen MR) is 286 cm³/mol. The van der Waals surface area contributed by atoms with Crippen LogP contribution in [0.2, 0.25) is 5.04 Å². The second kappa shape index (κ2) is 23.4. The maximum absolute atomic E-state index is 14.6. The number of unbranched alkanes of at least 4 members (excludes halogenated alkanes) is 1. The third-order valence-corrected chi connectivity index (χ3v) is 18.6. The fourth-order valence-corrected chi connectivity index (χ4v) is 14.5. The number of rotatable bonds is 21. The number of anilines is 1. The zero-order chi connectivity index (χ0) is 51.7. The molecule has 0 aliphatic carbocycles. The van der Waals surface area contributed by atoms with Gasteiger partial charge in [0.2, 0.25) is 0 Å². The molecule has 72 heavy (non-hydrogen) atoms. The van der Waals surface area contributed by atoms with Gasteiger partial charge >= 0.3 is 5.97 Å². The Kier molecular flexibility index (Phi) is 17.6. The molecule has 0 amide bonds. The number of hydrogen-bond donors (Lipinski definition) is 0. The molecule has 2 unspecified atom stereocenters. The minimum atomic E-state index is -2.65. The summed E-state index contributed by atoms with van der Waals surface area (Å²) in [6, 6.07) is 35.3. The Morgan fingerprint density at radius 1 is 0.861 bits per heavy atom. The van der Waals surface area contributed by atoms with Crippen molar-refractivity contribution >= 4 is 42.2 Å². The lowest BCUT2D eigenvalue weighted by atomic mass is 9.92. The lowest BCUT2D eigenvalue weighted by Gasteiger charge is -2.44. The van der Waals surface area contributed by atoms with Crippen molar-refractivity contribution in [2.24, 2.45) is 0 Å². The van der Waals surface area contributed by atoms with E-state index in [4.69, 9.17) is 33.5 Å². The molecule has 1 fully saturated rings. The fourth-order valence-electron chi connectivity index (χ4n) is 9.77. The van der Waals surface area contributed by atoms with Gasteiger partial charge in [0, 0.05) is 49.2 Å². The molecule has 3 heterocycles.